The molecule has 4 heteroatoms. The van der Waals surface area contributed by atoms with Gasteiger partial charge in [-0.3, -0.25) is 0 Å². The number of imidazole rings is 1. The van der Waals surface area contributed by atoms with Gasteiger partial charge in [0, 0.05) is 25.6 Å². The van der Waals surface area contributed by atoms with Crippen LogP contribution in [0.5, 0.6) is 0 Å². The van der Waals surface area contributed by atoms with E-state index in [0.717, 1.165) is 54.3 Å². The summed E-state index contributed by atoms with van der Waals surface area (Å²) < 4.78 is 7.44. The zero-order valence-corrected chi connectivity index (χ0v) is 13.2. The van der Waals surface area contributed by atoms with Crippen LogP contribution in [0, 0.1) is 0 Å². The number of aromatic nitrogens is 2. The lowest BCUT2D eigenvalue weighted by molar-refractivity contribution is 0.185. The molecule has 0 saturated carbocycles. The molecule has 21 heavy (non-hydrogen) atoms. The van der Waals surface area contributed by atoms with Crippen LogP contribution in [0.2, 0.25) is 0 Å². The number of hydrogen-bond donors (Lipinski definition) is 1. The lowest BCUT2D eigenvalue weighted by atomic mass is 10.1. The molecule has 0 spiro atoms. The van der Waals surface area contributed by atoms with Crippen molar-refractivity contribution in [2.75, 3.05) is 12.8 Å². The second kappa shape index (κ2) is 7.27. The number of benzene rings is 1. The van der Waals surface area contributed by atoms with Crippen LogP contribution >= 0.6 is 0 Å². The van der Waals surface area contributed by atoms with Gasteiger partial charge >= 0.3 is 0 Å². The van der Waals surface area contributed by atoms with E-state index in [0.29, 0.717) is 6.61 Å². The maximum atomic E-state index is 6.38. The SMILES string of the molecule is CCCCn1c(CC)nc(-c2ccccc2COC)c1N. The summed E-state index contributed by atoms with van der Waals surface area (Å²) in [4.78, 5) is 4.78. The molecule has 4 nitrogen and oxygen atoms in total. The number of methoxy groups -OCH3 is 1. The summed E-state index contributed by atoms with van der Waals surface area (Å²) in [6.45, 7) is 5.81. The number of rotatable bonds is 7. The van der Waals surface area contributed by atoms with E-state index < -0.39 is 0 Å². The van der Waals surface area contributed by atoms with Crippen LogP contribution in [0.25, 0.3) is 11.3 Å². The maximum Gasteiger partial charge on any atom is 0.131 e. The van der Waals surface area contributed by atoms with Gasteiger partial charge < -0.3 is 15.0 Å². The van der Waals surface area contributed by atoms with Crippen molar-refractivity contribution >= 4 is 5.82 Å². The Bertz CT molecular complexity index is 590. The van der Waals surface area contributed by atoms with Crippen LogP contribution in [-0.2, 0) is 24.3 Å². The third-order valence-electron chi connectivity index (χ3n) is 3.71. The molecule has 0 aliphatic carbocycles. The zero-order chi connectivity index (χ0) is 15.2. The first-order valence-corrected chi connectivity index (χ1v) is 7.64. The van der Waals surface area contributed by atoms with Crippen LogP contribution in [0.15, 0.2) is 24.3 Å². The number of anilines is 1. The quantitative estimate of drug-likeness (QED) is 0.846. The Morgan fingerprint density at radius 2 is 2.00 bits per heavy atom. The van der Waals surface area contributed by atoms with Crippen molar-refractivity contribution in [2.45, 2.75) is 46.3 Å². The summed E-state index contributed by atoms with van der Waals surface area (Å²) in [6, 6.07) is 8.17. The van der Waals surface area contributed by atoms with E-state index >= 15 is 0 Å². The van der Waals surface area contributed by atoms with Crippen molar-refractivity contribution in [3.05, 3.63) is 35.7 Å². The van der Waals surface area contributed by atoms with Crippen molar-refractivity contribution in [1.82, 2.24) is 9.55 Å². The smallest absolute Gasteiger partial charge is 0.131 e. The van der Waals surface area contributed by atoms with Gasteiger partial charge in [0.15, 0.2) is 0 Å². The molecule has 0 bridgehead atoms. The molecule has 114 valence electrons. The van der Waals surface area contributed by atoms with Crippen molar-refractivity contribution in [1.29, 1.82) is 0 Å². The Morgan fingerprint density at radius 3 is 2.67 bits per heavy atom. The van der Waals surface area contributed by atoms with Crippen molar-refractivity contribution in [3.8, 4) is 11.3 Å². The maximum absolute atomic E-state index is 6.38. The second-order valence-corrected chi connectivity index (χ2v) is 5.21. The Morgan fingerprint density at radius 1 is 1.24 bits per heavy atom. The van der Waals surface area contributed by atoms with E-state index in [1.54, 1.807) is 7.11 Å². The molecule has 2 aromatic rings. The molecule has 0 fully saturated rings. The lowest BCUT2D eigenvalue weighted by Crippen LogP contribution is -2.06. The average Bonchev–Trinajstić information content (AvgIpc) is 2.82. The molecule has 0 aliphatic rings. The highest BCUT2D eigenvalue weighted by molar-refractivity contribution is 5.73. The van der Waals surface area contributed by atoms with E-state index in [1.165, 1.54) is 0 Å². The van der Waals surface area contributed by atoms with Crippen LogP contribution in [-0.4, -0.2) is 16.7 Å². The van der Waals surface area contributed by atoms with E-state index in [-0.39, 0.29) is 0 Å². The second-order valence-electron chi connectivity index (χ2n) is 5.21. The number of hydrogen-bond acceptors (Lipinski definition) is 3. The number of nitrogen functional groups attached to an aromatic ring is 1. The minimum atomic E-state index is 0.568. The molecule has 2 rings (SSSR count). The third-order valence-corrected chi connectivity index (χ3v) is 3.71. The highest BCUT2D eigenvalue weighted by atomic mass is 16.5. The molecular weight excluding hydrogens is 262 g/mol. The summed E-state index contributed by atoms with van der Waals surface area (Å²) in [7, 11) is 1.71. The predicted octanol–water partition coefficient (Wildman–Crippen LogP) is 3.64. The monoisotopic (exact) mass is 287 g/mol. The average molecular weight is 287 g/mol. The molecular formula is C17H25N3O. The van der Waals surface area contributed by atoms with Crippen molar-refractivity contribution < 1.29 is 4.74 Å². The Kier molecular flexibility index (Phi) is 5.39. The van der Waals surface area contributed by atoms with Gasteiger partial charge in [-0.15, -0.1) is 0 Å². The molecule has 2 N–H and O–H groups in total. The van der Waals surface area contributed by atoms with Crippen molar-refractivity contribution in [2.24, 2.45) is 0 Å². The zero-order valence-electron chi connectivity index (χ0n) is 13.2. The minimum absolute atomic E-state index is 0.568. The van der Waals surface area contributed by atoms with Gasteiger partial charge in [0.25, 0.3) is 0 Å². The van der Waals surface area contributed by atoms with Gasteiger partial charge in [-0.25, -0.2) is 4.98 Å². The number of ether oxygens (including phenoxy) is 1. The number of unbranched alkanes of at least 4 members (excludes halogenated alkanes) is 1. The first-order valence-electron chi connectivity index (χ1n) is 7.64. The first kappa shape index (κ1) is 15.6. The molecule has 1 aromatic carbocycles. The van der Waals surface area contributed by atoms with Gasteiger partial charge in [-0.2, -0.15) is 0 Å². The summed E-state index contributed by atoms with van der Waals surface area (Å²) >= 11 is 0. The summed E-state index contributed by atoms with van der Waals surface area (Å²) in [5.41, 5.74) is 9.45. The fourth-order valence-corrected chi connectivity index (χ4v) is 2.58. The normalized spacial score (nSPS) is 11.0. The van der Waals surface area contributed by atoms with Gasteiger partial charge in [0.2, 0.25) is 0 Å². The summed E-state index contributed by atoms with van der Waals surface area (Å²) in [6.07, 6.45) is 3.16. The Hall–Kier alpha value is -1.81. The number of nitrogens with two attached hydrogens (primary N) is 1. The number of aryl methyl sites for hydroxylation is 1. The molecule has 0 amide bonds. The molecule has 0 radical (unpaired) electrons. The van der Waals surface area contributed by atoms with Gasteiger partial charge in [0.1, 0.15) is 17.3 Å². The Labute approximate surface area is 127 Å². The van der Waals surface area contributed by atoms with E-state index in [2.05, 4.69) is 30.5 Å². The molecule has 1 heterocycles. The largest absolute Gasteiger partial charge is 0.383 e. The highest BCUT2D eigenvalue weighted by Gasteiger charge is 2.17. The topological polar surface area (TPSA) is 53.1 Å². The fraction of sp³-hybridized carbons (Fsp3) is 0.471. The molecule has 0 unspecified atom stereocenters. The molecule has 0 aliphatic heterocycles. The minimum Gasteiger partial charge on any atom is -0.383 e. The van der Waals surface area contributed by atoms with Crippen LogP contribution in [0.1, 0.15) is 38.1 Å². The van der Waals surface area contributed by atoms with E-state index in [9.17, 15) is 0 Å². The standard InChI is InChI=1S/C17H25N3O/c1-4-6-11-20-15(5-2)19-16(17(20)18)14-10-8-7-9-13(14)12-21-3/h7-10H,4-6,11-12,18H2,1-3H3. The van der Waals surface area contributed by atoms with Crippen LogP contribution in [0.4, 0.5) is 5.82 Å². The van der Waals surface area contributed by atoms with E-state index in [4.69, 9.17) is 15.5 Å². The molecule has 1 aromatic heterocycles. The fourth-order valence-electron chi connectivity index (χ4n) is 2.58. The predicted molar refractivity (Wildman–Crippen MR) is 87.1 cm³/mol. The summed E-state index contributed by atoms with van der Waals surface area (Å²) in [5.74, 6) is 1.83. The lowest BCUT2D eigenvalue weighted by Gasteiger charge is -2.09. The van der Waals surface area contributed by atoms with E-state index in [1.807, 2.05) is 12.1 Å². The molecule has 0 saturated heterocycles. The number of nitrogens with zero attached hydrogens (tertiary/aromatic N) is 2. The summed E-state index contributed by atoms with van der Waals surface area (Å²) in [5, 5.41) is 0. The van der Waals surface area contributed by atoms with Gasteiger partial charge in [-0.05, 0) is 12.0 Å². The highest BCUT2D eigenvalue weighted by Crippen LogP contribution is 2.30. The van der Waals surface area contributed by atoms with Gasteiger partial charge in [-0.1, -0.05) is 44.5 Å². The molecule has 0 atom stereocenters. The van der Waals surface area contributed by atoms with Crippen LogP contribution in [0.3, 0.4) is 0 Å². The van der Waals surface area contributed by atoms with Crippen molar-refractivity contribution in [3.63, 3.8) is 0 Å². The van der Waals surface area contributed by atoms with Crippen LogP contribution < -0.4 is 5.73 Å². The first-order chi connectivity index (χ1) is 10.2. The third kappa shape index (κ3) is 3.27. The Balaban J connectivity index is 2.47. The van der Waals surface area contributed by atoms with Gasteiger partial charge in [0.05, 0.1) is 6.61 Å².